The van der Waals surface area contributed by atoms with Gasteiger partial charge in [-0.1, -0.05) is 13.3 Å². The first kappa shape index (κ1) is 13.9. The maximum Gasteiger partial charge on any atom is 0.0397 e. The number of hydrogen-bond donors (Lipinski definition) is 1. The second kappa shape index (κ2) is 6.13. The molecule has 1 aromatic heterocycles. The lowest BCUT2D eigenvalue weighted by Gasteiger charge is -2.43. The highest BCUT2D eigenvalue weighted by atomic mass is 15.1. The van der Waals surface area contributed by atoms with Gasteiger partial charge in [0, 0.05) is 43.8 Å². The zero-order chi connectivity index (χ0) is 13.8. The minimum absolute atomic E-state index is 0.641. The molecule has 20 heavy (non-hydrogen) atoms. The molecule has 110 valence electrons. The van der Waals surface area contributed by atoms with E-state index < -0.39 is 0 Å². The van der Waals surface area contributed by atoms with Crippen molar-refractivity contribution >= 4 is 5.69 Å². The molecule has 3 rings (SSSR count). The van der Waals surface area contributed by atoms with Crippen molar-refractivity contribution in [2.24, 2.45) is 5.41 Å². The van der Waals surface area contributed by atoms with E-state index in [-0.39, 0.29) is 0 Å². The van der Waals surface area contributed by atoms with Gasteiger partial charge in [0.15, 0.2) is 0 Å². The monoisotopic (exact) mass is 273 g/mol. The zero-order valence-corrected chi connectivity index (χ0v) is 12.6. The lowest BCUT2D eigenvalue weighted by molar-refractivity contribution is 0.117. The van der Waals surface area contributed by atoms with Crippen LogP contribution in [0.2, 0.25) is 0 Å². The molecule has 0 spiro atoms. The van der Waals surface area contributed by atoms with E-state index in [0.717, 1.165) is 6.04 Å². The van der Waals surface area contributed by atoms with E-state index in [2.05, 4.69) is 34.3 Å². The van der Waals surface area contributed by atoms with Crippen molar-refractivity contribution in [3.8, 4) is 0 Å². The molecule has 2 heterocycles. The van der Waals surface area contributed by atoms with Crippen molar-refractivity contribution in [1.29, 1.82) is 0 Å². The lowest BCUT2D eigenvalue weighted by atomic mass is 9.67. The third-order valence-corrected chi connectivity index (χ3v) is 5.45. The van der Waals surface area contributed by atoms with E-state index in [1.54, 1.807) is 0 Å². The van der Waals surface area contributed by atoms with Gasteiger partial charge in [0.1, 0.15) is 0 Å². The van der Waals surface area contributed by atoms with Crippen LogP contribution in [0.3, 0.4) is 0 Å². The van der Waals surface area contributed by atoms with Crippen LogP contribution in [0.1, 0.15) is 45.4 Å². The van der Waals surface area contributed by atoms with E-state index in [1.165, 1.54) is 63.8 Å². The summed E-state index contributed by atoms with van der Waals surface area (Å²) in [6.45, 7) is 5.93. The van der Waals surface area contributed by atoms with Gasteiger partial charge < -0.3 is 10.2 Å². The zero-order valence-electron chi connectivity index (χ0n) is 12.6. The number of anilines is 1. The molecule has 1 saturated heterocycles. The Labute approximate surface area is 122 Å². The second-order valence-corrected chi connectivity index (χ2v) is 6.55. The van der Waals surface area contributed by atoms with Crippen molar-refractivity contribution < 1.29 is 0 Å². The van der Waals surface area contributed by atoms with Crippen LogP contribution >= 0.6 is 0 Å². The van der Waals surface area contributed by atoms with Crippen LogP contribution in [0, 0.1) is 5.41 Å². The van der Waals surface area contributed by atoms with E-state index in [4.69, 9.17) is 0 Å². The van der Waals surface area contributed by atoms with Crippen LogP contribution < -0.4 is 10.2 Å². The molecule has 0 amide bonds. The van der Waals surface area contributed by atoms with Crippen LogP contribution in [0.15, 0.2) is 24.5 Å². The molecule has 2 aliphatic rings. The van der Waals surface area contributed by atoms with Crippen molar-refractivity contribution in [1.82, 2.24) is 10.3 Å². The Kier molecular flexibility index (Phi) is 4.25. The molecule has 1 aliphatic carbocycles. The van der Waals surface area contributed by atoms with Gasteiger partial charge in [0.25, 0.3) is 0 Å². The van der Waals surface area contributed by atoms with E-state index in [0.29, 0.717) is 5.41 Å². The first-order valence-corrected chi connectivity index (χ1v) is 8.20. The second-order valence-electron chi connectivity index (χ2n) is 6.55. The lowest BCUT2D eigenvalue weighted by Crippen LogP contribution is -2.47. The third kappa shape index (κ3) is 2.98. The first-order chi connectivity index (χ1) is 9.81. The maximum absolute atomic E-state index is 4.10. The molecule has 0 radical (unpaired) electrons. The number of aromatic nitrogens is 1. The Balaban J connectivity index is 1.44. The van der Waals surface area contributed by atoms with Crippen LogP contribution in [0.5, 0.6) is 0 Å². The largest absolute Gasteiger partial charge is 0.371 e. The molecule has 0 unspecified atom stereocenters. The summed E-state index contributed by atoms with van der Waals surface area (Å²) in [6.07, 6.45) is 12.0. The third-order valence-electron chi connectivity index (χ3n) is 5.45. The van der Waals surface area contributed by atoms with Crippen LogP contribution in [0.4, 0.5) is 5.69 Å². The standard InChI is InChI=1S/C17H27N3/c1-2-17(8-3-9-17)14-19-15-6-12-20(13-7-15)16-4-10-18-11-5-16/h4-5,10-11,15,19H,2-3,6-9,12-14H2,1H3. The molecule has 3 heteroatoms. The molecule has 1 aliphatic heterocycles. The molecule has 0 bridgehead atoms. The van der Waals surface area contributed by atoms with Gasteiger partial charge in [-0.25, -0.2) is 0 Å². The predicted molar refractivity (Wildman–Crippen MR) is 84.0 cm³/mol. The number of rotatable bonds is 5. The highest BCUT2D eigenvalue weighted by Gasteiger charge is 2.35. The molecule has 1 N–H and O–H groups in total. The van der Waals surface area contributed by atoms with Crippen molar-refractivity contribution in [2.45, 2.75) is 51.5 Å². The summed E-state index contributed by atoms with van der Waals surface area (Å²) in [5.74, 6) is 0. The summed E-state index contributed by atoms with van der Waals surface area (Å²) in [4.78, 5) is 6.58. The number of nitrogens with one attached hydrogen (secondary N) is 1. The van der Waals surface area contributed by atoms with E-state index in [1.807, 2.05) is 12.4 Å². The number of piperidine rings is 1. The van der Waals surface area contributed by atoms with Crippen molar-refractivity contribution in [3.05, 3.63) is 24.5 Å². The topological polar surface area (TPSA) is 28.2 Å². The molecule has 2 fully saturated rings. The van der Waals surface area contributed by atoms with Gasteiger partial charge in [-0.2, -0.15) is 0 Å². The molecule has 3 nitrogen and oxygen atoms in total. The fraction of sp³-hybridized carbons (Fsp3) is 0.706. The summed E-state index contributed by atoms with van der Waals surface area (Å²) >= 11 is 0. The normalized spacial score (nSPS) is 22.6. The van der Waals surface area contributed by atoms with Crippen LogP contribution in [0.25, 0.3) is 0 Å². The fourth-order valence-electron chi connectivity index (χ4n) is 3.59. The number of nitrogens with zero attached hydrogens (tertiary/aromatic N) is 2. The molecule has 0 atom stereocenters. The van der Waals surface area contributed by atoms with E-state index >= 15 is 0 Å². The Morgan fingerprint density at radius 3 is 2.50 bits per heavy atom. The highest BCUT2D eigenvalue weighted by Crippen LogP contribution is 2.43. The van der Waals surface area contributed by atoms with Gasteiger partial charge in [-0.05, 0) is 49.7 Å². The minimum Gasteiger partial charge on any atom is -0.371 e. The van der Waals surface area contributed by atoms with Crippen molar-refractivity contribution in [2.75, 3.05) is 24.5 Å². The van der Waals surface area contributed by atoms with Gasteiger partial charge in [0.05, 0.1) is 0 Å². The Bertz CT molecular complexity index is 400. The van der Waals surface area contributed by atoms with Gasteiger partial charge >= 0.3 is 0 Å². The minimum atomic E-state index is 0.641. The average Bonchev–Trinajstić information content (AvgIpc) is 2.48. The maximum atomic E-state index is 4.10. The molecule has 0 aromatic carbocycles. The fourth-order valence-corrected chi connectivity index (χ4v) is 3.59. The Morgan fingerprint density at radius 2 is 1.95 bits per heavy atom. The van der Waals surface area contributed by atoms with E-state index in [9.17, 15) is 0 Å². The summed E-state index contributed by atoms with van der Waals surface area (Å²) in [7, 11) is 0. The molecule has 1 aromatic rings. The summed E-state index contributed by atoms with van der Waals surface area (Å²) < 4.78 is 0. The van der Waals surface area contributed by atoms with Crippen LogP contribution in [-0.4, -0.2) is 30.7 Å². The van der Waals surface area contributed by atoms with Crippen molar-refractivity contribution in [3.63, 3.8) is 0 Å². The summed E-state index contributed by atoms with van der Waals surface area (Å²) in [5, 5.41) is 3.85. The Morgan fingerprint density at radius 1 is 1.25 bits per heavy atom. The molecular weight excluding hydrogens is 246 g/mol. The number of pyridine rings is 1. The Hall–Kier alpha value is -1.09. The quantitative estimate of drug-likeness (QED) is 0.893. The van der Waals surface area contributed by atoms with Gasteiger partial charge in [-0.15, -0.1) is 0 Å². The SMILES string of the molecule is CCC1(CNC2CCN(c3ccncc3)CC2)CCC1. The van der Waals surface area contributed by atoms with Gasteiger partial charge in [-0.3, -0.25) is 4.98 Å². The highest BCUT2D eigenvalue weighted by molar-refractivity contribution is 5.44. The number of hydrogen-bond acceptors (Lipinski definition) is 3. The molecule has 1 saturated carbocycles. The average molecular weight is 273 g/mol. The smallest absolute Gasteiger partial charge is 0.0397 e. The first-order valence-electron chi connectivity index (χ1n) is 8.20. The van der Waals surface area contributed by atoms with Gasteiger partial charge in [0.2, 0.25) is 0 Å². The van der Waals surface area contributed by atoms with Crippen LogP contribution in [-0.2, 0) is 0 Å². The predicted octanol–water partition coefficient (Wildman–Crippen LogP) is 3.22. The summed E-state index contributed by atoms with van der Waals surface area (Å²) in [6, 6.07) is 4.96. The summed E-state index contributed by atoms with van der Waals surface area (Å²) in [5.41, 5.74) is 1.96. The molecular formula is C17H27N3.